The molecule has 1 spiro atoms. The van der Waals surface area contributed by atoms with Gasteiger partial charge in [0.2, 0.25) is 0 Å². The largest absolute Gasteiger partial charge is 0.486 e. The van der Waals surface area contributed by atoms with Gasteiger partial charge in [-0.15, -0.1) is 11.3 Å². The van der Waals surface area contributed by atoms with Crippen molar-refractivity contribution in [3.05, 3.63) is 51.2 Å². The number of fused-ring (bicyclic) bond motifs is 1. The normalized spacial score (nSPS) is 18.8. The fourth-order valence-electron chi connectivity index (χ4n) is 3.89. The van der Waals surface area contributed by atoms with E-state index in [-0.39, 0.29) is 11.7 Å². The fraction of sp³-hybridized carbons (Fsp3) is 0.400. The first-order chi connectivity index (χ1) is 12.0. The lowest BCUT2D eigenvalue weighted by molar-refractivity contribution is -0.00607. The molecule has 1 amide bonds. The Balaban J connectivity index is 1.53. The molecule has 1 aromatic heterocycles. The lowest BCUT2D eigenvalue weighted by Gasteiger charge is -2.44. The number of amides is 1. The summed E-state index contributed by atoms with van der Waals surface area (Å²) in [4.78, 5) is 27.9. The number of ketones is 1. The first kappa shape index (κ1) is 16.3. The molecule has 0 aliphatic carbocycles. The third-order valence-electron chi connectivity index (χ3n) is 5.21. The second kappa shape index (κ2) is 5.99. The van der Waals surface area contributed by atoms with E-state index in [1.165, 1.54) is 11.3 Å². The number of nitrogens with zero attached hydrogens (tertiary/aromatic N) is 1. The van der Waals surface area contributed by atoms with Gasteiger partial charge >= 0.3 is 0 Å². The predicted octanol–water partition coefficient (Wildman–Crippen LogP) is 4.01. The quantitative estimate of drug-likeness (QED) is 0.777. The smallest absolute Gasteiger partial charge is 0.263 e. The molecule has 0 atom stereocenters. The highest BCUT2D eigenvalue weighted by Crippen LogP contribution is 2.41. The molecule has 0 saturated carbocycles. The minimum absolute atomic E-state index is 0.0826. The monoisotopic (exact) mass is 355 g/mol. The summed E-state index contributed by atoms with van der Waals surface area (Å²) >= 11 is 1.47. The summed E-state index contributed by atoms with van der Waals surface area (Å²) in [6.45, 7) is 5.25. The number of hydrogen-bond donors (Lipinski definition) is 0. The molecule has 130 valence electrons. The number of Topliss-reactive ketones (excluding diaryl/α,β-unsaturated/α-hetero) is 1. The van der Waals surface area contributed by atoms with Crippen molar-refractivity contribution in [1.82, 2.24) is 4.90 Å². The Morgan fingerprint density at radius 3 is 2.68 bits per heavy atom. The number of hydrogen-bond acceptors (Lipinski definition) is 4. The molecule has 4 rings (SSSR count). The van der Waals surface area contributed by atoms with Crippen LogP contribution in [0.3, 0.4) is 0 Å². The van der Waals surface area contributed by atoms with Crippen LogP contribution in [-0.4, -0.2) is 35.3 Å². The zero-order valence-corrected chi connectivity index (χ0v) is 15.3. The summed E-state index contributed by atoms with van der Waals surface area (Å²) in [7, 11) is 0. The first-order valence-corrected chi connectivity index (χ1v) is 9.52. The second-order valence-corrected chi connectivity index (χ2v) is 8.06. The van der Waals surface area contributed by atoms with E-state index in [0.29, 0.717) is 37.9 Å². The molecule has 2 aliphatic heterocycles. The second-order valence-electron chi connectivity index (χ2n) is 7.11. The fourth-order valence-corrected chi connectivity index (χ4v) is 4.58. The lowest BCUT2D eigenvalue weighted by Crippen LogP contribution is -2.52. The molecule has 5 heteroatoms. The molecule has 0 unspecified atom stereocenters. The molecular weight excluding hydrogens is 334 g/mol. The number of piperidine rings is 1. The van der Waals surface area contributed by atoms with E-state index in [1.54, 1.807) is 0 Å². The number of aryl methyl sites for hydroxylation is 2. The van der Waals surface area contributed by atoms with Gasteiger partial charge < -0.3 is 9.64 Å². The molecule has 0 N–H and O–H groups in total. The summed E-state index contributed by atoms with van der Waals surface area (Å²) < 4.78 is 6.38. The maximum atomic E-state index is 12.7. The van der Waals surface area contributed by atoms with Gasteiger partial charge in [-0.3, -0.25) is 9.59 Å². The number of benzene rings is 1. The standard InChI is InChI=1S/C20H21NO3S/c1-13-10-14(2)18-15(11-13)16(22)12-20(24-18)5-7-21(8-6-20)19(23)17-4-3-9-25-17/h3-4,9-11H,5-8,12H2,1-2H3. The number of thiophene rings is 1. The molecule has 4 nitrogen and oxygen atoms in total. The van der Waals surface area contributed by atoms with E-state index in [1.807, 2.05) is 42.3 Å². The van der Waals surface area contributed by atoms with Crippen molar-refractivity contribution in [2.75, 3.05) is 13.1 Å². The van der Waals surface area contributed by atoms with Crippen LogP contribution in [0.1, 0.15) is 50.4 Å². The Morgan fingerprint density at radius 2 is 2.00 bits per heavy atom. The first-order valence-electron chi connectivity index (χ1n) is 8.64. The number of rotatable bonds is 1. The van der Waals surface area contributed by atoms with Gasteiger partial charge in [0.15, 0.2) is 5.78 Å². The Labute approximate surface area is 151 Å². The third kappa shape index (κ3) is 2.86. The van der Waals surface area contributed by atoms with Gasteiger partial charge in [-0.05, 0) is 42.5 Å². The van der Waals surface area contributed by atoms with E-state index in [2.05, 4.69) is 6.07 Å². The van der Waals surface area contributed by atoms with Crippen molar-refractivity contribution in [2.45, 2.75) is 38.7 Å². The highest BCUT2D eigenvalue weighted by atomic mass is 32.1. The van der Waals surface area contributed by atoms with Crippen molar-refractivity contribution in [3.8, 4) is 5.75 Å². The van der Waals surface area contributed by atoms with Gasteiger partial charge in [0, 0.05) is 25.9 Å². The molecule has 1 aromatic carbocycles. The number of carbonyl (C=O) groups excluding carboxylic acids is 2. The van der Waals surface area contributed by atoms with Crippen molar-refractivity contribution in [1.29, 1.82) is 0 Å². The predicted molar refractivity (Wildman–Crippen MR) is 97.7 cm³/mol. The van der Waals surface area contributed by atoms with Crippen LogP contribution in [0, 0.1) is 13.8 Å². The Hall–Kier alpha value is -2.14. The number of ether oxygens (including phenoxy) is 1. The van der Waals surface area contributed by atoms with Crippen molar-refractivity contribution >= 4 is 23.0 Å². The average Bonchev–Trinajstić information content (AvgIpc) is 3.11. The Kier molecular flexibility index (Phi) is 3.91. The summed E-state index contributed by atoms with van der Waals surface area (Å²) in [5.74, 6) is 0.977. The van der Waals surface area contributed by atoms with E-state index < -0.39 is 5.60 Å². The zero-order chi connectivity index (χ0) is 17.6. The molecule has 25 heavy (non-hydrogen) atoms. The maximum Gasteiger partial charge on any atom is 0.263 e. The van der Waals surface area contributed by atoms with Crippen molar-refractivity contribution in [2.24, 2.45) is 0 Å². The van der Waals surface area contributed by atoms with Gasteiger partial charge in [0.05, 0.1) is 16.9 Å². The van der Waals surface area contributed by atoms with Crippen LogP contribution in [0.15, 0.2) is 29.6 Å². The lowest BCUT2D eigenvalue weighted by atomic mass is 9.81. The van der Waals surface area contributed by atoms with Gasteiger partial charge in [-0.2, -0.15) is 0 Å². The zero-order valence-electron chi connectivity index (χ0n) is 14.5. The molecule has 1 fully saturated rings. The number of likely N-dealkylation sites (tertiary alicyclic amines) is 1. The van der Waals surface area contributed by atoms with Gasteiger partial charge in [-0.25, -0.2) is 0 Å². The van der Waals surface area contributed by atoms with E-state index in [9.17, 15) is 9.59 Å². The third-order valence-corrected chi connectivity index (χ3v) is 6.07. The SMILES string of the molecule is Cc1cc(C)c2c(c1)C(=O)CC1(CCN(C(=O)c3cccs3)CC1)O2. The van der Waals surface area contributed by atoms with Crippen LogP contribution in [0.5, 0.6) is 5.75 Å². The molecule has 0 bridgehead atoms. The van der Waals surface area contributed by atoms with E-state index in [4.69, 9.17) is 4.74 Å². The topological polar surface area (TPSA) is 46.6 Å². The van der Waals surface area contributed by atoms with Crippen LogP contribution >= 0.6 is 11.3 Å². The summed E-state index contributed by atoms with van der Waals surface area (Å²) in [5.41, 5.74) is 2.34. The van der Waals surface area contributed by atoms with Gasteiger partial charge in [0.25, 0.3) is 5.91 Å². The average molecular weight is 355 g/mol. The Morgan fingerprint density at radius 1 is 1.24 bits per heavy atom. The van der Waals surface area contributed by atoms with Crippen molar-refractivity contribution < 1.29 is 14.3 Å². The van der Waals surface area contributed by atoms with Crippen LogP contribution < -0.4 is 4.74 Å². The summed E-state index contributed by atoms with van der Waals surface area (Å²) in [5, 5.41) is 1.92. The Bertz CT molecular complexity index is 833. The van der Waals surface area contributed by atoms with Crippen LogP contribution in [0.25, 0.3) is 0 Å². The molecule has 3 heterocycles. The minimum Gasteiger partial charge on any atom is -0.486 e. The molecule has 2 aliphatic rings. The molecule has 2 aromatic rings. The summed E-state index contributed by atoms with van der Waals surface area (Å²) in [6, 6.07) is 7.74. The van der Waals surface area contributed by atoms with Crippen LogP contribution in [0.4, 0.5) is 0 Å². The highest BCUT2D eigenvalue weighted by molar-refractivity contribution is 7.12. The molecule has 1 saturated heterocycles. The van der Waals surface area contributed by atoms with Crippen LogP contribution in [0.2, 0.25) is 0 Å². The minimum atomic E-state index is -0.462. The summed E-state index contributed by atoms with van der Waals surface area (Å²) in [6.07, 6.45) is 1.80. The van der Waals surface area contributed by atoms with Crippen molar-refractivity contribution in [3.63, 3.8) is 0 Å². The van der Waals surface area contributed by atoms with E-state index >= 15 is 0 Å². The van der Waals surface area contributed by atoms with Crippen LogP contribution in [-0.2, 0) is 0 Å². The van der Waals surface area contributed by atoms with Gasteiger partial charge in [0.1, 0.15) is 11.4 Å². The number of carbonyl (C=O) groups is 2. The maximum absolute atomic E-state index is 12.7. The molecule has 0 radical (unpaired) electrons. The molecular formula is C20H21NO3S. The van der Waals surface area contributed by atoms with Gasteiger partial charge in [-0.1, -0.05) is 12.1 Å². The van der Waals surface area contributed by atoms with E-state index in [0.717, 1.165) is 21.8 Å². The highest BCUT2D eigenvalue weighted by Gasteiger charge is 2.44.